The molecule has 1 aliphatic carbocycles. The number of nitrogens with zero attached hydrogens (tertiary/aromatic N) is 1. The fourth-order valence-corrected chi connectivity index (χ4v) is 4.82. The Morgan fingerprint density at radius 1 is 1.05 bits per heavy atom. The molecular weight excluding hydrogens is 478 g/mol. The lowest BCUT2D eigenvalue weighted by atomic mass is 9.90. The van der Waals surface area contributed by atoms with Gasteiger partial charge in [0, 0.05) is 17.1 Å². The predicted octanol–water partition coefficient (Wildman–Crippen LogP) is 5.72. The van der Waals surface area contributed by atoms with Crippen molar-refractivity contribution in [2.45, 2.75) is 123 Å². The number of hydrogen-bond acceptors (Lipinski definition) is 4. The van der Waals surface area contributed by atoms with Crippen LogP contribution in [-0.4, -0.2) is 46.0 Å². The molecule has 0 spiro atoms. The lowest BCUT2D eigenvalue weighted by Crippen LogP contribution is -2.60. The molecule has 0 aliphatic heterocycles. The van der Waals surface area contributed by atoms with Crippen molar-refractivity contribution in [1.29, 1.82) is 0 Å². The van der Waals surface area contributed by atoms with Crippen LogP contribution in [0.3, 0.4) is 0 Å². The molecule has 38 heavy (non-hydrogen) atoms. The van der Waals surface area contributed by atoms with Crippen LogP contribution in [0.5, 0.6) is 0 Å². The highest BCUT2D eigenvalue weighted by Gasteiger charge is 2.43. The molecule has 2 N–H and O–H groups in total. The first-order chi connectivity index (χ1) is 17.7. The molecular formula is C31H47N3O4. The number of carbonyl (C=O) groups excluding carboxylic acids is 3. The summed E-state index contributed by atoms with van der Waals surface area (Å²) < 4.78 is 5.48. The molecule has 0 radical (unpaired) electrons. The molecule has 0 aromatic heterocycles. The minimum Gasteiger partial charge on any atom is -0.444 e. The summed E-state index contributed by atoms with van der Waals surface area (Å²) in [6.07, 6.45) is 10.7. The summed E-state index contributed by atoms with van der Waals surface area (Å²) in [5.41, 5.74) is -0.0887. The van der Waals surface area contributed by atoms with Crippen LogP contribution in [0.4, 0.5) is 4.79 Å². The molecule has 1 aromatic rings. The molecule has 0 saturated heterocycles. The number of carbonyl (C=O) groups is 3. The third-order valence-electron chi connectivity index (χ3n) is 6.96. The van der Waals surface area contributed by atoms with E-state index in [1.807, 2.05) is 46.8 Å². The zero-order chi connectivity index (χ0) is 28.7. The lowest BCUT2D eigenvalue weighted by molar-refractivity contribution is -0.149. The van der Waals surface area contributed by atoms with Gasteiger partial charge < -0.3 is 20.3 Å². The van der Waals surface area contributed by atoms with Crippen LogP contribution < -0.4 is 10.6 Å². The van der Waals surface area contributed by atoms with Gasteiger partial charge in [0.25, 0.3) is 0 Å². The summed E-state index contributed by atoms with van der Waals surface area (Å²) in [5, 5.41) is 6.03. The second-order valence-electron chi connectivity index (χ2n) is 12.4. The maximum atomic E-state index is 14.4. The van der Waals surface area contributed by atoms with Crippen LogP contribution in [0.15, 0.2) is 24.3 Å². The molecule has 1 aromatic carbocycles. The molecule has 210 valence electrons. The molecule has 0 heterocycles. The normalized spacial score (nSPS) is 16.9. The topological polar surface area (TPSA) is 87.7 Å². The number of benzene rings is 1. The van der Waals surface area contributed by atoms with Crippen molar-refractivity contribution >= 4 is 17.9 Å². The highest BCUT2D eigenvalue weighted by molar-refractivity contribution is 5.93. The predicted molar refractivity (Wildman–Crippen MR) is 151 cm³/mol. The Balaban J connectivity index is 2.54. The number of alkyl carbamates (subject to hydrolysis) is 1. The number of ether oxygens (including phenoxy) is 1. The van der Waals surface area contributed by atoms with Crippen molar-refractivity contribution in [1.82, 2.24) is 15.5 Å². The zero-order valence-electron chi connectivity index (χ0n) is 24.5. The van der Waals surface area contributed by atoms with Gasteiger partial charge in [-0.25, -0.2) is 4.79 Å². The Labute approximate surface area is 229 Å². The molecule has 1 aliphatic rings. The Morgan fingerprint density at radius 2 is 1.63 bits per heavy atom. The SMILES string of the molecule is C#Cc1ccc(C(C(=O)NC2CCCCC2)N(C(=O)C(NC(=O)OC(C)(C)C)C(C)CC)C(C)(C)C)cc1. The van der Waals surface area contributed by atoms with Crippen molar-refractivity contribution in [3.8, 4) is 12.3 Å². The maximum absolute atomic E-state index is 14.4. The standard InChI is InChI=1S/C31H47N3O4/c1-10-21(3)25(33-29(37)38-31(7,8)9)28(36)34(30(4,5)6)26(23-19-17-22(11-2)18-20-23)27(35)32-24-15-13-12-14-16-24/h2,17-21,24-26H,10,12-16H2,1,3-9H3,(H,32,35)(H,33,37). The van der Waals surface area contributed by atoms with E-state index in [0.29, 0.717) is 17.5 Å². The lowest BCUT2D eigenvalue weighted by Gasteiger charge is -2.44. The average Bonchev–Trinajstić information content (AvgIpc) is 2.83. The smallest absolute Gasteiger partial charge is 0.408 e. The van der Waals surface area contributed by atoms with E-state index in [4.69, 9.17) is 11.2 Å². The fraction of sp³-hybridized carbons (Fsp3) is 0.645. The van der Waals surface area contributed by atoms with E-state index >= 15 is 0 Å². The van der Waals surface area contributed by atoms with Crippen LogP contribution in [0.2, 0.25) is 0 Å². The molecule has 7 heteroatoms. The molecule has 3 unspecified atom stereocenters. The number of hydrogen-bond donors (Lipinski definition) is 2. The van der Waals surface area contributed by atoms with E-state index in [0.717, 1.165) is 25.7 Å². The second-order valence-corrected chi connectivity index (χ2v) is 12.4. The Kier molecular flexibility index (Phi) is 10.8. The summed E-state index contributed by atoms with van der Waals surface area (Å²) in [6, 6.07) is 5.50. The minimum atomic E-state index is -0.900. The number of rotatable bonds is 8. The van der Waals surface area contributed by atoms with E-state index < -0.39 is 29.3 Å². The second kappa shape index (κ2) is 13.2. The van der Waals surface area contributed by atoms with Gasteiger partial charge in [0.1, 0.15) is 17.7 Å². The highest BCUT2D eigenvalue weighted by atomic mass is 16.6. The maximum Gasteiger partial charge on any atom is 0.408 e. The first-order valence-electron chi connectivity index (χ1n) is 13.9. The van der Waals surface area contributed by atoms with Gasteiger partial charge >= 0.3 is 6.09 Å². The summed E-state index contributed by atoms with van der Waals surface area (Å²) in [4.78, 5) is 42.7. The molecule has 3 amide bonds. The van der Waals surface area contributed by atoms with Crippen LogP contribution in [-0.2, 0) is 14.3 Å². The largest absolute Gasteiger partial charge is 0.444 e. The van der Waals surface area contributed by atoms with Gasteiger partial charge in [-0.2, -0.15) is 0 Å². The van der Waals surface area contributed by atoms with E-state index in [1.54, 1.807) is 37.8 Å². The van der Waals surface area contributed by atoms with E-state index in [2.05, 4.69) is 16.6 Å². The van der Waals surface area contributed by atoms with Gasteiger partial charge in [-0.1, -0.05) is 57.6 Å². The van der Waals surface area contributed by atoms with Gasteiger partial charge in [0.2, 0.25) is 11.8 Å². The molecule has 2 rings (SSSR count). The van der Waals surface area contributed by atoms with Gasteiger partial charge in [-0.15, -0.1) is 6.42 Å². The van der Waals surface area contributed by atoms with Crippen LogP contribution in [0.1, 0.15) is 111 Å². The van der Waals surface area contributed by atoms with Crippen molar-refractivity contribution < 1.29 is 19.1 Å². The van der Waals surface area contributed by atoms with Crippen LogP contribution in [0.25, 0.3) is 0 Å². The Bertz CT molecular complexity index is 992. The van der Waals surface area contributed by atoms with Crippen molar-refractivity contribution in [3.05, 3.63) is 35.4 Å². The van der Waals surface area contributed by atoms with Crippen molar-refractivity contribution in [2.24, 2.45) is 5.92 Å². The Hall–Kier alpha value is -3.01. The third kappa shape index (κ3) is 8.79. The fourth-order valence-electron chi connectivity index (χ4n) is 4.82. The first kappa shape index (κ1) is 31.2. The highest BCUT2D eigenvalue weighted by Crippen LogP contribution is 2.32. The molecule has 1 saturated carbocycles. The van der Waals surface area contributed by atoms with Gasteiger partial charge in [-0.05, 0) is 78.0 Å². The third-order valence-corrected chi connectivity index (χ3v) is 6.96. The monoisotopic (exact) mass is 525 g/mol. The molecule has 0 bridgehead atoms. The first-order valence-corrected chi connectivity index (χ1v) is 13.9. The van der Waals surface area contributed by atoms with Gasteiger partial charge in [0.05, 0.1) is 0 Å². The Morgan fingerprint density at radius 3 is 2.11 bits per heavy atom. The molecule has 7 nitrogen and oxygen atoms in total. The van der Waals surface area contributed by atoms with E-state index in [9.17, 15) is 14.4 Å². The summed E-state index contributed by atoms with van der Waals surface area (Å²) in [7, 11) is 0. The van der Waals surface area contributed by atoms with Crippen molar-refractivity contribution in [2.75, 3.05) is 0 Å². The summed E-state index contributed by atoms with van der Waals surface area (Å²) in [5.74, 6) is 1.86. The van der Waals surface area contributed by atoms with Gasteiger partial charge in [0.15, 0.2) is 0 Å². The van der Waals surface area contributed by atoms with Crippen LogP contribution >= 0.6 is 0 Å². The number of nitrogens with one attached hydrogen (secondary N) is 2. The zero-order valence-corrected chi connectivity index (χ0v) is 24.5. The average molecular weight is 526 g/mol. The quantitative estimate of drug-likeness (QED) is 0.425. The van der Waals surface area contributed by atoms with Crippen molar-refractivity contribution in [3.63, 3.8) is 0 Å². The van der Waals surface area contributed by atoms with Gasteiger partial charge in [-0.3, -0.25) is 9.59 Å². The summed E-state index contributed by atoms with van der Waals surface area (Å²) >= 11 is 0. The molecule has 3 atom stereocenters. The number of terminal acetylenes is 1. The van der Waals surface area contributed by atoms with E-state index in [1.165, 1.54) is 6.42 Å². The summed E-state index contributed by atoms with van der Waals surface area (Å²) in [6.45, 7) is 14.9. The van der Waals surface area contributed by atoms with Crippen LogP contribution in [0, 0.1) is 18.3 Å². The molecule has 1 fully saturated rings. The minimum absolute atomic E-state index is 0.0749. The van der Waals surface area contributed by atoms with E-state index in [-0.39, 0.29) is 23.8 Å². The number of amides is 3.